The molecule has 2 aromatic carbocycles. The molecule has 0 bridgehead atoms. The number of rotatable bonds is 7. The zero-order chi connectivity index (χ0) is 19.4. The van der Waals surface area contributed by atoms with E-state index in [1.54, 1.807) is 12.1 Å². The molecule has 2 N–H and O–H groups in total. The lowest BCUT2D eigenvalue weighted by Gasteiger charge is -2.08. The molecule has 1 aromatic heterocycles. The number of fused-ring (bicyclic) bond motifs is 1. The van der Waals surface area contributed by atoms with Crippen molar-refractivity contribution in [2.45, 2.75) is 31.2 Å². The third-order valence-electron chi connectivity index (χ3n) is 4.37. The lowest BCUT2D eigenvalue weighted by Crippen LogP contribution is -2.18. The van der Waals surface area contributed by atoms with E-state index in [4.69, 9.17) is 0 Å². The van der Waals surface area contributed by atoms with E-state index in [2.05, 4.69) is 15.0 Å². The van der Waals surface area contributed by atoms with Gasteiger partial charge in [0.05, 0.1) is 15.9 Å². The van der Waals surface area contributed by atoms with Gasteiger partial charge in [0, 0.05) is 13.0 Å². The number of benzene rings is 2. The highest BCUT2D eigenvalue weighted by Gasteiger charge is 2.13. The second kappa shape index (κ2) is 7.89. The fourth-order valence-corrected chi connectivity index (χ4v) is 3.62. The number of amides is 1. The first-order chi connectivity index (χ1) is 12.9. The number of nitrogens with one attached hydrogen (secondary N) is 2. The van der Waals surface area contributed by atoms with E-state index in [1.165, 1.54) is 19.2 Å². The minimum Gasteiger partial charge on any atom is -0.310 e. The summed E-state index contributed by atoms with van der Waals surface area (Å²) in [5.74, 6) is 0.408. The summed E-state index contributed by atoms with van der Waals surface area (Å²) in [6.07, 6.45) is 0.795. The van der Waals surface area contributed by atoms with E-state index < -0.39 is 10.0 Å². The molecule has 27 heavy (non-hydrogen) atoms. The Labute approximate surface area is 158 Å². The summed E-state index contributed by atoms with van der Waals surface area (Å²) in [6.45, 7) is 2.71. The van der Waals surface area contributed by atoms with Gasteiger partial charge in [0.2, 0.25) is 21.9 Å². The Morgan fingerprint density at radius 2 is 1.81 bits per heavy atom. The summed E-state index contributed by atoms with van der Waals surface area (Å²) in [5, 5.41) is 2.87. The number of aryl methyl sites for hydroxylation is 2. The van der Waals surface area contributed by atoms with E-state index >= 15 is 0 Å². The molecule has 0 saturated heterocycles. The largest absolute Gasteiger partial charge is 0.310 e. The maximum Gasteiger partial charge on any atom is 0.240 e. The van der Waals surface area contributed by atoms with E-state index in [0.29, 0.717) is 18.9 Å². The highest BCUT2D eigenvalue weighted by Crippen LogP contribution is 2.19. The number of carbonyl (C=O) groups excluding carboxylic acids is 1. The van der Waals surface area contributed by atoms with Crippen LogP contribution < -0.4 is 10.0 Å². The van der Waals surface area contributed by atoms with Gasteiger partial charge in [-0.3, -0.25) is 10.1 Å². The average Bonchev–Trinajstić information content (AvgIpc) is 3.03. The monoisotopic (exact) mass is 386 g/mol. The van der Waals surface area contributed by atoms with E-state index in [0.717, 1.165) is 16.6 Å². The molecule has 0 spiro atoms. The van der Waals surface area contributed by atoms with Crippen LogP contribution in [0, 0.1) is 0 Å². The summed E-state index contributed by atoms with van der Waals surface area (Å²) in [6, 6.07) is 14.3. The number of carbonyl (C=O) groups is 1. The molecule has 1 heterocycles. The predicted molar refractivity (Wildman–Crippen MR) is 105 cm³/mol. The number of hydrogen-bond donors (Lipinski definition) is 2. The van der Waals surface area contributed by atoms with Crippen LogP contribution in [0.3, 0.4) is 0 Å². The number of hydrogen-bond acceptors (Lipinski definition) is 4. The summed E-state index contributed by atoms with van der Waals surface area (Å²) >= 11 is 0. The quantitative estimate of drug-likeness (QED) is 0.653. The third-order valence-corrected chi connectivity index (χ3v) is 5.80. The third kappa shape index (κ3) is 4.17. The van der Waals surface area contributed by atoms with E-state index in [-0.39, 0.29) is 17.2 Å². The maximum absolute atomic E-state index is 12.3. The molecular formula is C19H22N4O3S. The van der Waals surface area contributed by atoms with Gasteiger partial charge in [0.1, 0.15) is 0 Å². The lowest BCUT2D eigenvalue weighted by atomic mass is 10.1. The topological polar surface area (TPSA) is 93.1 Å². The number of anilines is 1. The molecule has 8 heteroatoms. The van der Waals surface area contributed by atoms with Gasteiger partial charge < -0.3 is 4.57 Å². The van der Waals surface area contributed by atoms with Crippen molar-refractivity contribution >= 4 is 32.9 Å². The van der Waals surface area contributed by atoms with Crippen LogP contribution in [-0.2, 0) is 27.8 Å². The Morgan fingerprint density at radius 3 is 2.48 bits per heavy atom. The minimum absolute atomic E-state index is 0.132. The van der Waals surface area contributed by atoms with Crippen LogP contribution in [0.5, 0.6) is 0 Å². The smallest absolute Gasteiger partial charge is 0.240 e. The maximum atomic E-state index is 12.3. The SMILES string of the molecule is CCn1c(NC(=O)CCc2ccc(S(=O)(=O)NC)cc2)nc2ccccc21. The van der Waals surface area contributed by atoms with Crippen LogP contribution in [0.25, 0.3) is 11.0 Å². The second-order valence-corrected chi connectivity index (χ2v) is 7.95. The zero-order valence-corrected chi connectivity index (χ0v) is 16.1. The molecule has 142 valence electrons. The average molecular weight is 386 g/mol. The lowest BCUT2D eigenvalue weighted by molar-refractivity contribution is -0.116. The van der Waals surface area contributed by atoms with Crippen molar-refractivity contribution < 1.29 is 13.2 Å². The highest BCUT2D eigenvalue weighted by molar-refractivity contribution is 7.89. The van der Waals surface area contributed by atoms with Crippen molar-refractivity contribution in [3.8, 4) is 0 Å². The molecule has 0 unspecified atom stereocenters. The first-order valence-corrected chi connectivity index (χ1v) is 10.2. The molecule has 3 aromatic rings. The molecule has 0 atom stereocenters. The van der Waals surface area contributed by atoms with Gasteiger partial charge in [-0.2, -0.15) is 0 Å². The van der Waals surface area contributed by atoms with Gasteiger partial charge in [-0.15, -0.1) is 0 Å². The zero-order valence-electron chi connectivity index (χ0n) is 15.3. The van der Waals surface area contributed by atoms with Crippen LogP contribution in [0.1, 0.15) is 18.9 Å². The van der Waals surface area contributed by atoms with Crippen molar-refractivity contribution in [3.63, 3.8) is 0 Å². The molecule has 1 amide bonds. The van der Waals surface area contributed by atoms with Crippen molar-refractivity contribution in [1.29, 1.82) is 0 Å². The Morgan fingerprint density at radius 1 is 1.11 bits per heavy atom. The van der Waals surface area contributed by atoms with Crippen molar-refractivity contribution in [2.75, 3.05) is 12.4 Å². The van der Waals surface area contributed by atoms with Gasteiger partial charge >= 0.3 is 0 Å². The van der Waals surface area contributed by atoms with Gasteiger partial charge in [-0.1, -0.05) is 24.3 Å². The number of imidazole rings is 1. The number of nitrogens with zero attached hydrogens (tertiary/aromatic N) is 2. The van der Waals surface area contributed by atoms with Crippen LogP contribution >= 0.6 is 0 Å². The molecule has 0 aliphatic heterocycles. The highest BCUT2D eigenvalue weighted by atomic mass is 32.2. The summed E-state index contributed by atoms with van der Waals surface area (Å²) in [7, 11) is -2.08. The van der Waals surface area contributed by atoms with Crippen molar-refractivity contribution in [2.24, 2.45) is 0 Å². The van der Waals surface area contributed by atoms with Crippen LogP contribution in [-0.4, -0.2) is 30.9 Å². The van der Waals surface area contributed by atoms with Gasteiger partial charge in [0.15, 0.2) is 0 Å². The van der Waals surface area contributed by atoms with Gasteiger partial charge in [0.25, 0.3) is 0 Å². The normalized spacial score (nSPS) is 11.6. The number of aromatic nitrogens is 2. The van der Waals surface area contributed by atoms with E-state index in [9.17, 15) is 13.2 Å². The molecule has 0 fully saturated rings. The van der Waals surface area contributed by atoms with Gasteiger partial charge in [-0.05, 0) is 50.2 Å². The van der Waals surface area contributed by atoms with Crippen LogP contribution in [0.15, 0.2) is 53.4 Å². The van der Waals surface area contributed by atoms with Crippen LogP contribution in [0.4, 0.5) is 5.95 Å². The standard InChI is InChI=1S/C19H22N4O3S/c1-3-23-17-7-5-4-6-16(17)21-19(23)22-18(24)13-10-14-8-11-15(12-9-14)27(25,26)20-2/h4-9,11-12,20H,3,10,13H2,1-2H3,(H,21,22,24). The first kappa shape index (κ1) is 19.1. The predicted octanol–water partition coefficient (Wildman–Crippen LogP) is 2.54. The fourth-order valence-electron chi connectivity index (χ4n) is 2.89. The molecule has 0 saturated carbocycles. The first-order valence-electron chi connectivity index (χ1n) is 8.72. The molecule has 3 rings (SSSR count). The minimum atomic E-state index is -3.45. The van der Waals surface area contributed by atoms with Crippen molar-refractivity contribution in [1.82, 2.24) is 14.3 Å². The summed E-state index contributed by atoms with van der Waals surface area (Å²) in [4.78, 5) is 17.0. The van der Waals surface area contributed by atoms with Crippen molar-refractivity contribution in [3.05, 3.63) is 54.1 Å². The second-order valence-electron chi connectivity index (χ2n) is 6.07. The molecular weight excluding hydrogens is 364 g/mol. The molecule has 0 radical (unpaired) electrons. The summed E-state index contributed by atoms with van der Waals surface area (Å²) in [5.41, 5.74) is 2.72. The Hall–Kier alpha value is -2.71. The summed E-state index contributed by atoms with van der Waals surface area (Å²) < 4.78 is 27.7. The molecule has 7 nitrogen and oxygen atoms in total. The Balaban J connectivity index is 1.65. The van der Waals surface area contributed by atoms with Gasteiger partial charge in [-0.25, -0.2) is 18.1 Å². The molecule has 0 aliphatic rings. The van der Waals surface area contributed by atoms with Crippen LogP contribution in [0.2, 0.25) is 0 Å². The number of sulfonamides is 1. The van der Waals surface area contributed by atoms with E-state index in [1.807, 2.05) is 35.8 Å². The Kier molecular flexibility index (Phi) is 5.57. The fraction of sp³-hybridized carbons (Fsp3) is 0.263. The number of para-hydroxylation sites is 2. The Bertz CT molecular complexity index is 1060. The molecule has 0 aliphatic carbocycles.